The van der Waals surface area contributed by atoms with Gasteiger partial charge in [0.1, 0.15) is 6.23 Å². The van der Waals surface area contributed by atoms with E-state index in [9.17, 15) is 0 Å². The molecule has 2 unspecified atom stereocenters. The minimum atomic E-state index is -0.196. The second-order valence-corrected chi connectivity index (χ2v) is 9.39. The van der Waals surface area contributed by atoms with Crippen molar-refractivity contribution in [3.8, 4) is 22.9 Å². The molecule has 3 aromatic rings. The van der Waals surface area contributed by atoms with Gasteiger partial charge < -0.3 is 35.0 Å². The van der Waals surface area contributed by atoms with Crippen LogP contribution in [0.5, 0.6) is 11.5 Å². The number of ether oxygens (including phenoxy) is 4. The Bertz CT molecular complexity index is 1230. The molecular formula is C28H36N6O4. The maximum atomic E-state index is 7.94. The minimum Gasteiger partial charge on any atom is -0.493 e. The molecule has 0 radical (unpaired) electrons. The number of benzene rings is 2. The molecule has 2 saturated heterocycles. The molecule has 10 heteroatoms. The van der Waals surface area contributed by atoms with Crippen LogP contribution in [0.4, 0.5) is 17.3 Å². The number of aromatic nitrogens is 3. The molecule has 2 atom stereocenters. The van der Waals surface area contributed by atoms with E-state index in [1.54, 1.807) is 7.11 Å². The van der Waals surface area contributed by atoms with Gasteiger partial charge >= 0.3 is 0 Å². The van der Waals surface area contributed by atoms with Gasteiger partial charge in [0.25, 0.3) is 0 Å². The first-order valence-electron chi connectivity index (χ1n) is 13.4. The maximum Gasteiger partial charge on any atom is 0.247 e. The highest BCUT2D eigenvalue weighted by atomic mass is 16.5. The summed E-state index contributed by atoms with van der Waals surface area (Å²) in [5, 5.41) is 19.5. The molecule has 5 rings (SSSR count). The summed E-state index contributed by atoms with van der Waals surface area (Å²) in [5.74, 6) is 2.46. The van der Waals surface area contributed by atoms with Crippen molar-refractivity contribution in [1.82, 2.24) is 14.8 Å². The molecule has 3 N–H and O–H groups in total. The Morgan fingerprint density at radius 3 is 2.61 bits per heavy atom. The molecule has 2 aliphatic heterocycles. The highest BCUT2D eigenvalue weighted by Gasteiger charge is 2.24. The lowest BCUT2D eigenvalue weighted by molar-refractivity contribution is -0.0383. The molecule has 2 aromatic carbocycles. The first-order chi connectivity index (χ1) is 18.7. The molecule has 0 bridgehead atoms. The van der Waals surface area contributed by atoms with Crippen molar-refractivity contribution in [2.24, 2.45) is 0 Å². The molecule has 2 aliphatic rings. The number of nitrogens with zero attached hydrogens (tertiary/aromatic N) is 3. The van der Waals surface area contributed by atoms with E-state index in [0.29, 0.717) is 36.5 Å². The first kappa shape index (κ1) is 26.0. The minimum absolute atomic E-state index is 0.0252. The summed E-state index contributed by atoms with van der Waals surface area (Å²) < 4.78 is 25.0. The zero-order valence-corrected chi connectivity index (χ0v) is 22.0. The van der Waals surface area contributed by atoms with E-state index in [-0.39, 0.29) is 12.5 Å². The molecule has 38 heavy (non-hydrogen) atoms. The first-order valence-corrected chi connectivity index (χ1v) is 13.4. The van der Waals surface area contributed by atoms with Crippen LogP contribution in [0.3, 0.4) is 0 Å². The third-order valence-corrected chi connectivity index (χ3v) is 6.74. The number of nitrogens with one attached hydrogen (secondary N) is 3. The topological polar surface area (TPSA) is 116 Å². The van der Waals surface area contributed by atoms with Gasteiger partial charge in [0, 0.05) is 41.9 Å². The fourth-order valence-electron chi connectivity index (χ4n) is 4.82. The fraction of sp³-hybridized carbons (Fsp3) is 0.464. The lowest BCUT2D eigenvalue weighted by Gasteiger charge is -2.25. The molecule has 0 saturated carbocycles. The van der Waals surface area contributed by atoms with E-state index in [2.05, 4.69) is 10.6 Å². The van der Waals surface area contributed by atoms with Crippen molar-refractivity contribution in [3.63, 3.8) is 0 Å². The molecule has 0 amide bonds. The van der Waals surface area contributed by atoms with Gasteiger partial charge in [0.05, 0.1) is 13.7 Å². The normalized spacial score (nSPS) is 19.5. The van der Waals surface area contributed by atoms with Gasteiger partial charge in [-0.25, -0.2) is 4.68 Å². The summed E-state index contributed by atoms with van der Waals surface area (Å²) in [6.45, 7) is 3.95. The van der Waals surface area contributed by atoms with Gasteiger partial charge in [0.2, 0.25) is 5.95 Å². The van der Waals surface area contributed by atoms with Crippen LogP contribution >= 0.6 is 0 Å². The standard InChI is InChI=1S/C28H36N6O4/c1-3-36-23-13-10-19(17-24(23)35-2)27-32-28(33-34(27)26-9-5-7-15-38-26)30-21-11-12-22(20(16-21)18-29)31-25-8-4-6-14-37-25/h10-13,16-18,25-26,29,31H,3-9,14-15H2,1-2H3,(H,30,33). The number of methoxy groups -OCH3 is 1. The predicted octanol–water partition coefficient (Wildman–Crippen LogP) is 5.73. The van der Waals surface area contributed by atoms with E-state index >= 15 is 0 Å². The molecule has 1 aromatic heterocycles. The summed E-state index contributed by atoms with van der Waals surface area (Å²) in [4.78, 5) is 4.85. The lowest BCUT2D eigenvalue weighted by Crippen LogP contribution is -2.27. The van der Waals surface area contributed by atoms with Crippen LogP contribution < -0.4 is 20.1 Å². The Morgan fingerprint density at radius 1 is 1.05 bits per heavy atom. The average Bonchev–Trinajstić information content (AvgIpc) is 3.39. The second kappa shape index (κ2) is 12.3. The van der Waals surface area contributed by atoms with Gasteiger partial charge in [-0.05, 0) is 81.8 Å². The van der Waals surface area contributed by atoms with Crippen molar-refractivity contribution in [1.29, 1.82) is 5.41 Å². The molecule has 10 nitrogen and oxygen atoms in total. The van der Waals surface area contributed by atoms with Gasteiger partial charge in [-0.1, -0.05) is 0 Å². The van der Waals surface area contributed by atoms with Crippen LogP contribution in [0.25, 0.3) is 11.4 Å². The maximum absolute atomic E-state index is 7.94. The van der Waals surface area contributed by atoms with Gasteiger partial charge in [-0.15, -0.1) is 5.10 Å². The number of hydrogen-bond acceptors (Lipinski definition) is 9. The van der Waals surface area contributed by atoms with Crippen LogP contribution in [-0.4, -0.2) is 54.1 Å². The van der Waals surface area contributed by atoms with Gasteiger partial charge in [-0.3, -0.25) is 0 Å². The van der Waals surface area contributed by atoms with E-state index < -0.39 is 0 Å². The fourth-order valence-corrected chi connectivity index (χ4v) is 4.82. The van der Waals surface area contributed by atoms with E-state index in [1.165, 1.54) is 6.21 Å². The quantitative estimate of drug-likeness (QED) is 0.290. The molecule has 0 aliphatic carbocycles. The average molecular weight is 521 g/mol. The molecule has 3 heterocycles. The number of anilines is 3. The number of hydrogen-bond donors (Lipinski definition) is 3. The zero-order valence-electron chi connectivity index (χ0n) is 22.0. The molecule has 0 spiro atoms. The van der Waals surface area contributed by atoms with Crippen molar-refractivity contribution >= 4 is 23.5 Å². The smallest absolute Gasteiger partial charge is 0.247 e. The Morgan fingerprint density at radius 2 is 1.89 bits per heavy atom. The van der Waals surface area contributed by atoms with E-state index in [0.717, 1.165) is 67.6 Å². The van der Waals surface area contributed by atoms with Crippen LogP contribution in [-0.2, 0) is 9.47 Å². The molecule has 202 valence electrons. The number of rotatable bonds is 10. The predicted molar refractivity (Wildman–Crippen MR) is 147 cm³/mol. The van der Waals surface area contributed by atoms with Crippen molar-refractivity contribution in [3.05, 3.63) is 42.0 Å². The van der Waals surface area contributed by atoms with Crippen molar-refractivity contribution < 1.29 is 18.9 Å². The molecule has 2 fully saturated rings. The summed E-state index contributed by atoms with van der Waals surface area (Å²) >= 11 is 0. The largest absolute Gasteiger partial charge is 0.493 e. The van der Waals surface area contributed by atoms with Crippen molar-refractivity contribution in [2.45, 2.75) is 57.9 Å². The second-order valence-electron chi connectivity index (χ2n) is 9.39. The van der Waals surface area contributed by atoms with Crippen LogP contribution in [0.1, 0.15) is 57.2 Å². The summed E-state index contributed by atoms with van der Waals surface area (Å²) in [7, 11) is 1.63. The van der Waals surface area contributed by atoms with E-state index in [4.69, 9.17) is 34.4 Å². The Labute approximate surface area is 223 Å². The third kappa shape index (κ3) is 5.92. The van der Waals surface area contributed by atoms with Crippen molar-refractivity contribution in [2.75, 3.05) is 37.6 Å². The highest BCUT2D eigenvalue weighted by molar-refractivity contribution is 5.88. The summed E-state index contributed by atoms with van der Waals surface area (Å²) in [6.07, 6.45) is 7.29. The van der Waals surface area contributed by atoms with Crippen LogP contribution in [0.2, 0.25) is 0 Å². The Balaban J connectivity index is 1.43. The molecular weight excluding hydrogens is 484 g/mol. The summed E-state index contributed by atoms with van der Waals surface area (Å²) in [6, 6.07) is 11.6. The Hall–Kier alpha value is -3.63. The van der Waals surface area contributed by atoms with Crippen LogP contribution in [0.15, 0.2) is 36.4 Å². The zero-order chi connectivity index (χ0) is 26.3. The lowest BCUT2D eigenvalue weighted by atomic mass is 10.1. The SMILES string of the molecule is CCOc1ccc(-c2nc(Nc3ccc(NC4CCCCO4)c(C=N)c3)nn2C2CCCCO2)cc1OC. The summed E-state index contributed by atoms with van der Waals surface area (Å²) in [5.41, 5.74) is 3.27. The highest BCUT2D eigenvalue weighted by Crippen LogP contribution is 2.35. The van der Waals surface area contributed by atoms with Crippen LogP contribution in [0, 0.1) is 5.41 Å². The third-order valence-electron chi connectivity index (χ3n) is 6.74. The van der Waals surface area contributed by atoms with Gasteiger partial charge in [-0.2, -0.15) is 4.98 Å². The van der Waals surface area contributed by atoms with E-state index in [1.807, 2.05) is 48.0 Å². The monoisotopic (exact) mass is 520 g/mol. The van der Waals surface area contributed by atoms with Gasteiger partial charge in [0.15, 0.2) is 23.6 Å². The Kier molecular flexibility index (Phi) is 8.40.